The Hall–Kier alpha value is -3.19. The minimum atomic E-state index is 0.273. The molecular formula is C27H19N. The van der Waals surface area contributed by atoms with Gasteiger partial charge in [-0.3, -0.25) is 4.99 Å². The van der Waals surface area contributed by atoms with Crippen molar-refractivity contribution < 1.29 is 0 Å². The number of benzene rings is 4. The van der Waals surface area contributed by atoms with Gasteiger partial charge in [-0.1, -0.05) is 66.7 Å². The van der Waals surface area contributed by atoms with Crippen molar-refractivity contribution in [1.82, 2.24) is 0 Å². The zero-order valence-electron chi connectivity index (χ0n) is 15.7. The van der Waals surface area contributed by atoms with E-state index in [-0.39, 0.29) is 11.8 Å². The van der Waals surface area contributed by atoms with Crippen molar-refractivity contribution in [2.75, 3.05) is 0 Å². The molecule has 0 amide bonds. The third kappa shape index (κ3) is 1.66. The Balaban J connectivity index is 1.69. The Labute approximate surface area is 164 Å². The zero-order chi connectivity index (χ0) is 18.4. The number of fused-ring (bicyclic) bond motifs is 7. The lowest BCUT2D eigenvalue weighted by molar-refractivity contribution is 0.900. The fourth-order valence-corrected chi connectivity index (χ4v) is 5.85. The van der Waals surface area contributed by atoms with Crippen LogP contribution in [0.25, 0.3) is 10.8 Å². The third-order valence-corrected chi connectivity index (χ3v) is 6.99. The van der Waals surface area contributed by atoms with Crippen molar-refractivity contribution in [3.8, 4) is 0 Å². The molecular weight excluding hydrogens is 338 g/mol. The summed E-state index contributed by atoms with van der Waals surface area (Å²) in [5.74, 6) is 0.550. The lowest BCUT2D eigenvalue weighted by Crippen LogP contribution is -2.29. The number of hydrogen-bond acceptors (Lipinski definition) is 1. The van der Waals surface area contributed by atoms with Crippen molar-refractivity contribution in [3.63, 3.8) is 0 Å². The number of aryl methyl sites for hydroxylation is 1. The molecule has 0 aromatic heterocycles. The second-order valence-electron chi connectivity index (χ2n) is 8.37. The average molecular weight is 357 g/mol. The monoisotopic (exact) mass is 357 g/mol. The van der Waals surface area contributed by atoms with Crippen LogP contribution in [0.4, 0.5) is 5.69 Å². The van der Waals surface area contributed by atoms with Crippen molar-refractivity contribution in [1.29, 1.82) is 0 Å². The number of para-hydroxylation sites is 1. The van der Waals surface area contributed by atoms with Gasteiger partial charge in [0, 0.05) is 11.6 Å². The van der Waals surface area contributed by atoms with Crippen molar-refractivity contribution >= 4 is 22.2 Å². The molecule has 2 unspecified atom stereocenters. The Morgan fingerprint density at radius 2 is 1.46 bits per heavy atom. The van der Waals surface area contributed by atoms with Gasteiger partial charge in [0.05, 0.1) is 11.6 Å². The Morgan fingerprint density at radius 3 is 2.39 bits per heavy atom. The summed E-state index contributed by atoms with van der Waals surface area (Å²) in [5, 5.41) is 2.85. The largest absolute Gasteiger partial charge is 0.256 e. The molecule has 1 heterocycles. The average Bonchev–Trinajstić information content (AvgIpc) is 3.12. The first kappa shape index (κ1) is 14.8. The Bertz CT molecular complexity index is 1360. The van der Waals surface area contributed by atoms with Crippen LogP contribution in [0.5, 0.6) is 0 Å². The predicted molar refractivity (Wildman–Crippen MR) is 115 cm³/mol. The lowest BCUT2D eigenvalue weighted by Gasteiger charge is -2.38. The molecule has 4 aromatic rings. The second kappa shape index (κ2) is 4.99. The minimum Gasteiger partial charge on any atom is -0.256 e. The molecule has 1 aliphatic heterocycles. The molecule has 4 aromatic carbocycles. The summed E-state index contributed by atoms with van der Waals surface area (Å²) in [6, 6.07) is 27.0. The first-order chi connectivity index (χ1) is 13.8. The van der Waals surface area contributed by atoms with Crippen molar-refractivity contribution in [3.05, 3.63) is 112 Å². The molecule has 0 N–H and O–H groups in total. The van der Waals surface area contributed by atoms with Gasteiger partial charge in [-0.15, -0.1) is 0 Å². The maximum atomic E-state index is 5.24. The Morgan fingerprint density at radius 1 is 0.714 bits per heavy atom. The van der Waals surface area contributed by atoms with Crippen LogP contribution in [0, 0.1) is 6.92 Å². The zero-order valence-corrected chi connectivity index (χ0v) is 15.7. The molecule has 7 rings (SSSR count). The van der Waals surface area contributed by atoms with Gasteiger partial charge in [-0.05, 0) is 69.1 Å². The van der Waals surface area contributed by atoms with Gasteiger partial charge >= 0.3 is 0 Å². The van der Waals surface area contributed by atoms with Gasteiger partial charge in [0.25, 0.3) is 0 Å². The topological polar surface area (TPSA) is 12.4 Å². The molecule has 132 valence electrons. The van der Waals surface area contributed by atoms with Crippen LogP contribution in [0.15, 0.2) is 77.8 Å². The highest BCUT2D eigenvalue weighted by Crippen LogP contribution is 2.55. The number of rotatable bonds is 0. The van der Waals surface area contributed by atoms with E-state index in [9.17, 15) is 0 Å². The van der Waals surface area contributed by atoms with Crippen LogP contribution in [0.3, 0.4) is 0 Å². The molecule has 0 radical (unpaired) electrons. The van der Waals surface area contributed by atoms with Gasteiger partial charge in [0.1, 0.15) is 0 Å². The smallest absolute Gasteiger partial charge is 0.0671 e. The normalized spacial score (nSPS) is 20.4. The van der Waals surface area contributed by atoms with Crippen LogP contribution in [-0.4, -0.2) is 5.71 Å². The molecule has 2 atom stereocenters. The molecule has 0 saturated carbocycles. The van der Waals surface area contributed by atoms with Gasteiger partial charge in [0.15, 0.2) is 0 Å². The van der Waals surface area contributed by atoms with E-state index in [0.717, 1.165) is 12.1 Å². The summed E-state index contributed by atoms with van der Waals surface area (Å²) in [6.07, 6.45) is 1.02. The summed E-state index contributed by atoms with van der Waals surface area (Å²) in [6.45, 7) is 2.27. The molecule has 1 heteroatoms. The maximum Gasteiger partial charge on any atom is 0.0671 e. The molecule has 0 spiro atoms. The SMILES string of the molecule is Cc1ccc2ccc3c4c2c1C1C(=Nc2ccccc21)C4c1ccccc1C3. The van der Waals surface area contributed by atoms with E-state index in [4.69, 9.17) is 4.99 Å². The summed E-state index contributed by atoms with van der Waals surface area (Å²) in [5.41, 5.74) is 12.6. The van der Waals surface area contributed by atoms with E-state index < -0.39 is 0 Å². The standard InChI is InChI=1S/C27H19N/c1-15-10-11-16-12-13-18-14-17-6-2-3-7-19(17)25-24(18)23(16)22(15)26-20-8-4-5-9-21(20)28-27(25)26/h2-13,25-26H,14H2,1H3. The third-order valence-electron chi connectivity index (χ3n) is 6.99. The first-order valence-electron chi connectivity index (χ1n) is 10.1. The van der Waals surface area contributed by atoms with Gasteiger partial charge in [-0.2, -0.15) is 0 Å². The van der Waals surface area contributed by atoms with Gasteiger partial charge in [0.2, 0.25) is 0 Å². The fraction of sp³-hybridized carbons (Fsp3) is 0.148. The quantitative estimate of drug-likeness (QED) is 0.344. The molecule has 28 heavy (non-hydrogen) atoms. The van der Waals surface area contributed by atoms with E-state index in [2.05, 4.69) is 79.7 Å². The van der Waals surface area contributed by atoms with Crippen LogP contribution in [-0.2, 0) is 6.42 Å². The summed E-state index contributed by atoms with van der Waals surface area (Å²) < 4.78 is 0. The van der Waals surface area contributed by atoms with E-state index >= 15 is 0 Å². The summed E-state index contributed by atoms with van der Waals surface area (Å²) in [4.78, 5) is 5.24. The minimum absolute atomic E-state index is 0.273. The van der Waals surface area contributed by atoms with Gasteiger partial charge < -0.3 is 0 Å². The van der Waals surface area contributed by atoms with E-state index in [1.165, 1.54) is 55.4 Å². The number of hydrogen-bond donors (Lipinski definition) is 0. The van der Waals surface area contributed by atoms with E-state index in [1.807, 2.05) is 0 Å². The molecule has 0 fully saturated rings. The predicted octanol–water partition coefficient (Wildman–Crippen LogP) is 6.42. The van der Waals surface area contributed by atoms with Crippen molar-refractivity contribution in [2.45, 2.75) is 25.2 Å². The molecule has 0 bridgehead atoms. The fourth-order valence-electron chi connectivity index (χ4n) is 5.85. The highest BCUT2D eigenvalue weighted by Gasteiger charge is 2.44. The highest BCUT2D eigenvalue weighted by molar-refractivity contribution is 6.15. The molecule has 2 aliphatic carbocycles. The molecule has 0 saturated heterocycles. The lowest BCUT2D eigenvalue weighted by atomic mass is 9.64. The Kier molecular flexibility index (Phi) is 2.64. The van der Waals surface area contributed by atoms with Crippen LogP contribution in [0.1, 0.15) is 50.8 Å². The number of aliphatic imine (C=N–C) groups is 1. The van der Waals surface area contributed by atoms with Gasteiger partial charge in [-0.25, -0.2) is 0 Å². The van der Waals surface area contributed by atoms with Crippen LogP contribution >= 0.6 is 0 Å². The summed E-state index contributed by atoms with van der Waals surface area (Å²) >= 11 is 0. The molecule has 3 aliphatic rings. The molecule has 1 nitrogen and oxygen atoms in total. The van der Waals surface area contributed by atoms with Crippen LogP contribution < -0.4 is 0 Å². The van der Waals surface area contributed by atoms with E-state index in [1.54, 1.807) is 0 Å². The van der Waals surface area contributed by atoms with Crippen molar-refractivity contribution in [2.24, 2.45) is 4.99 Å². The van der Waals surface area contributed by atoms with Crippen LogP contribution in [0.2, 0.25) is 0 Å². The summed E-state index contributed by atoms with van der Waals surface area (Å²) in [7, 11) is 0. The first-order valence-corrected chi connectivity index (χ1v) is 10.1. The number of nitrogens with zero attached hydrogens (tertiary/aromatic N) is 1. The highest BCUT2D eigenvalue weighted by atomic mass is 14.8. The second-order valence-corrected chi connectivity index (χ2v) is 8.37. The maximum absolute atomic E-state index is 5.24. The van der Waals surface area contributed by atoms with E-state index in [0.29, 0.717) is 0 Å².